The number of pyridine rings is 1. The second kappa shape index (κ2) is 3.78. The van der Waals surface area contributed by atoms with E-state index in [1.807, 2.05) is 0 Å². The molecule has 1 unspecified atom stereocenters. The molecule has 0 aliphatic carbocycles. The van der Waals surface area contributed by atoms with Crippen molar-refractivity contribution in [1.29, 1.82) is 0 Å². The maximum Gasteiger partial charge on any atom is 0.147 e. The number of aliphatic hydroxyl groups is 1. The largest absolute Gasteiger partial charge is 0.382 e. The quantitative estimate of drug-likeness (QED) is 0.800. The van der Waals surface area contributed by atoms with Gasteiger partial charge in [-0.3, -0.25) is 9.67 Å². The molecule has 0 aromatic carbocycles. The van der Waals surface area contributed by atoms with E-state index in [0.717, 1.165) is 6.20 Å². The Balaban J connectivity index is 2.36. The summed E-state index contributed by atoms with van der Waals surface area (Å²) in [7, 11) is 1.74. The van der Waals surface area contributed by atoms with Crippen molar-refractivity contribution in [3.05, 3.63) is 47.8 Å². The Kier molecular flexibility index (Phi) is 2.47. The van der Waals surface area contributed by atoms with Gasteiger partial charge in [0, 0.05) is 25.0 Å². The van der Waals surface area contributed by atoms with Crippen molar-refractivity contribution in [2.45, 2.75) is 6.10 Å². The molecule has 4 nitrogen and oxygen atoms in total. The fourth-order valence-corrected chi connectivity index (χ4v) is 1.35. The maximum absolute atomic E-state index is 13.3. The lowest BCUT2D eigenvalue weighted by Gasteiger charge is -2.08. The number of aliphatic hydroxyl groups excluding tert-OH is 1. The van der Waals surface area contributed by atoms with Crippen LogP contribution in [0.15, 0.2) is 30.7 Å². The molecule has 0 amide bonds. The molecule has 1 N–H and O–H groups in total. The zero-order valence-corrected chi connectivity index (χ0v) is 8.13. The molecule has 0 saturated heterocycles. The topological polar surface area (TPSA) is 50.9 Å². The molecule has 2 aromatic heterocycles. The van der Waals surface area contributed by atoms with Gasteiger partial charge in [0.2, 0.25) is 0 Å². The van der Waals surface area contributed by atoms with Crippen molar-refractivity contribution in [2.75, 3.05) is 0 Å². The Morgan fingerprint density at radius 1 is 1.47 bits per heavy atom. The molecule has 0 bridgehead atoms. The van der Waals surface area contributed by atoms with Crippen LogP contribution in [-0.4, -0.2) is 19.9 Å². The zero-order chi connectivity index (χ0) is 10.8. The first kappa shape index (κ1) is 9.79. The smallest absolute Gasteiger partial charge is 0.147 e. The van der Waals surface area contributed by atoms with E-state index in [2.05, 4.69) is 10.1 Å². The van der Waals surface area contributed by atoms with Crippen LogP contribution in [-0.2, 0) is 7.05 Å². The monoisotopic (exact) mass is 207 g/mol. The van der Waals surface area contributed by atoms with Gasteiger partial charge in [0.15, 0.2) is 0 Å². The Bertz CT molecular complexity index is 469. The van der Waals surface area contributed by atoms with Gasteiger partial charge >= 0.3 is 0 Å². The van der Waals surface area contributed by atoms with E-state index in [-0.39, 0.29) is 5.56 Å². The van der Waals surface area contributed by atoms with Crippen LogP contribution in [0.3, 0.4) is 0 Å². The van der Waals surface area contributed by atoms with E-state index in [0.29, 0.717) is 5.69 Å². The van der Waals surface area contributed by atoms with E-state index in [1.54, 1.807) is 24.0 Å². The molecular weight excluding hydrogens is 197 g/mol. The third-order valence-electron chi connectivity index (χ3n) is 2.11. The summed E-state index contributed by atoms with van der Waals surface area (Å²) in [4.78, 5) is 3.61. The summed E-state index contributed by atoms with van der Waals surface area (Å²) in [5.41, 5.74) is 0.603. The third-order valence-corrected chi connectivity index (χ3v) is 2.11. The Hall–Kier alpha value is -1.75. The summed E-state index contributed by atoms with van der Waals surface area (Å²) >= 11 is 0. The molecule has 1 atom stereocenters. The van der Waals surface area contributed by atoms with E-state index in [9.17, 15) is 9.50 Å². The molecule has 2 rings (SSSR count). The van der Waals surface area contributed by atoms with E-state index in [1.165, 1.54) is 12.3 Å². The first-order chi connectivity index (χ1) is 7.18. The number of rotatable bonds is 2. The van der Waals surface area contributed by atoms with Crippen LogP contribution in [0, 0.1) is 5.82 Å². The number of aryl methyl sites for hydroxylation is 1. The van der Waals surface area contributed by atoms with Gasteiger partial charge in [-0.15, -0.1) is 0 Å². The van der Waals surface area contributed by atoms with Gasteiger partial charge < -0.3 is 5.11 Å². The molecule has 0 radical (unpaired) electrons. The third kappa shape index (κ3) is 1.87. The van der Waals surface area contributed by atoms with Gasteiger partial charge in [-0.2, -0.15) is 5.10 Å². The number of hydrogen-bond acceptors (Lipinski definition) is 3. The number of hydrogen-bond donors (Lipinski definition) is 1. The van der Waals surface area contributed by atoms with Gasteiger partial charge in [-0.1, -0.05) is 0 Å². The van der Waals surface area contributed by atoms with Gasteiger partial charge in [-0.05, 0) is 12.1 Å². The molecule has 78 valence electrons. The Morgan fingerprint density at radius 2 is 2.27 bits per heavy atom. The van der Waals surface area contributed by atoms with Crippen LogP contribution in [0.25, 0.3) is 0 Å². The minimum Gasteiger partial charge on any atom is -0.382 e. The van der Waals surface area contributed by atoms with E-state index >= 15 is 0 Å². The lowest BCUT2D eigenvalue weighted by Crippen LogP contribution is -2.04. The molecule has 5 heteroatoms. The van der Waals surface area contributed by atoms with Crippen molar-refractivity contribution < 1.29 is 9.50 Å². The molecule has 2 heterocycles. The highest BCUT2D eigenvalue weighted by molar-refractivity contribution is 5.23. The Labute approximate surface area is 86.0 Å². The number of nitrogens with zero attached hydrogens (tertiary/aromatic N) is 3. The fourth-order valence-electron chi connectivity index (χ4n) is 1.35. The van der Waals surface area contributed by atoms with Crippen LogP contribution in [0.4, 0.5) is 4.39 Å². The molecule has 2 aromatic rings. The number of aromatic nitrogens is 3. The zero-order valence-electron chi connectivity index (χ0n) is 8.13. The fraction of sp³-hybridized carbons (Fsp3) is 0.200. The van der Waals surface area contributed by atoms with Gasteiger partial charge in [0.25, 0.3) is 0 Å². The van der Waals surface area contributed by atoms with Crippen molar-refractivity contribution >= 4 is 0 Å². The summed E-state index contributed by atoms with van der Waals surface area (Å²) < 4.78 is 14.8. The summed E-state index contributed by atoms with van der Waals surface area (Å²) in [6.45, 7) is 0. The highest BCUT2D eigenvalue weighted by Crippen LogP contribution is 2.21. The summed E-state index contributed by atoms with van der Waals surface area (Å²) in [6.07, 6.45) is 3.15. The van der Waals surface area contributed by atoms with Crippen LogP contribution in [0.5, 0.6) is 0 Å². The first-order valence-corrected chi connectivity index (χ1v) is 4.45. The SMILES string of the molecule is Cn1ccc(C(O)c2ccncc2F)n1. The molecule has 0 fully saturated rings. The van der Waals surface area contributed by atoms with Crippen molar-refractivity contribution in [3.8, 4) is 0 Å². The Morgan fingerprint density at radius 3 is 2.87 bits per heavy atom. The second-order valence-corrected chi connectivity index (χ2v) is 3.21. The standard InChI is InChI=1S/C10H10FN3O/c1-14-5-3-9(13-14)10(15)7-2-4-12-6-8(7)11/h2-6,10,15H,1H3. The van der Waals surface area contributed by atoms with E-state index in [4.69, 9.17) is 0 Å². The minimum absolute atomic E-state index is 0.184. The van der Waals surface area contributed by atoms with Crippen LogP contribution in [0.1, 0.15) is 17.4 Å². The molecule has 15 heavy (non-hydrogen) atoms. The predicted octanol–water partition coefficient (Wildman–Crippen LogP) is 1.04. The summed E-state index contributed by atoms with van der Waals surface area (Å²) in [5.74, 6) is -0.532. The first-order valence-electron chi connectivity index (χ1n) is 4.45. The summed E-state index contributed by atoms with van der Waals surface area (Å²) in [6, 6.07) is 3.08. The van der Waals surface area contributed by atoms with Crippen molar-refractivity contribution in [3.63, 3.8) is 0 Å². The highest BCUT2D eigenvalue weighted by Gasteiger charge is 2.16. The van der Waals surface area contributed by atoms with Crippen LogP contribution >= 0.6 is 0 Å². The van der Waals surface area contributed by atoms with Gasteiger partial charge in [0.05, 0.1) is 11.9 Å². The van der Waals surface area contributed by atoms with Gasteiger partial charge in [-0.25, -0.2) is 4.39 Å². The lowest BCUT2D eigenvalue weighted by molar-refractivity contribution is 0.209. The van der Waals surface area contributed by atoms with Gasteiger partial charge in [0.1, 0.15) is 11.9 Å². The predicted molar refractivity (Wildman–Crippen MR) is 51.5 cm³/mol. The molecule has 0 aliphatic heterocycles. The van der Waals surface area contributed by atoms with Crippen molar-refractivity contribution in [2.24, 2.45) is 7.05 Å². The normalized spacial score (nSPS) is 12.7. The average molecular weight is 207 g/mol. The summed E-state index contributed by atoms with van der Waals surface area (Å²) in [5, 5.41) is 13.9. The average Bonchev–Trinajstić information content (AvgIpc) is 2.65. The highest BCUT2D eigenvalue weighted by atomic mass is 19.1. The number of halogens is 1. The minimum atomic E-state index is -1.05. The lowest BCUT2D eigenvalue weighted by atomic mass is 10.1. The molecule has 0 saturated carbocycles. The molecule has 0 spiro atoms. The maximum atomic E-state index is 13.3. The second-order valence-electron chi connectivity index (χ2n) is 3.21. The van der Waals surface area contributed by atoms with Crippen LogP contribution in [0.2, 0.25) is 0 Å². The molecular formula is C10H10FN3O. The van der Waals surface area contributed by atoms with Crippen molar-refractivity contribution in [1.82, 2.24) is 14.8 Å². The van der Waals surface area contributed by atoms with Crippen LogP contribution < -0.4 is 0 Å². The molecule has 0 aliphatic rings. The van der Waals surface area contributed by atoms with E-state index < -0.39 is 11.9 Å².